The highest BCUT2D eigenvalue weighted by Gasteiger charge is 2.16. The lowest BCUT2D eigenvalue weighted by Gasteiger charge is -2.20. The molecular weight excluding hydrogens is 204 g/mol. The summed E-state index contributed by atoms with van der Waals surface area (Å²) in [6, 6.07) is 9.91. The zero-order valence-electron chi connectivity index (χ0n) is 8.74. The molecule has 0 radical (unpaired) electrons. The third kappa shape index (κ3) is 2.48. The van der Waals surface area contributed by atoms with E-state index < -0.39 is 0 Å². The van der Waals surface area contributed by atoms with Crippen molar-refractivity contribution in [1.82, 2.24) is 4.90 Å². The summed E-state index contributed by atoms with van der Waals surface area (Å²) in [4.78, 5) is 12.2. The summed E-state index contributed by atoms with van der Waals surface area (Å²) in [5, 5.41) is 10.6. The molecule has 0 N–H and O–H groups in total. The van der Waals surface area contributed by atoms with E-state index in [4.69, 9.17) is 0 Å². The van der Waals surface area contributed by atoms with E-state index in [0.29, 0.717) is 13.1 Å². The van der Waals surface area contributed by atoms with Crippen LogP contribution in [0.25, 0.3) is 0 Å². The van der Waals surface area contributed by atoms with E-state index in [1.807, 2.05) is 41.4 Å². The molecule has 0 saturated carbocycles. The second-order valence-electron chi connectivity index (χ2n) is 3.65. The Balaban J connectivity index is 2.02. The second-order valence-corrected chi connectivity index (χ2v) is 3.65. The molecule has 0 bridgehead atoms. The van der Waals surface area contributed by atoms with Gasteiger partial charge >= 0.3 is 0 Å². The fourth-order valence-corrected chi connectivity index (χ4v) is 1.63. The molecule has 0 saturated heterocycles. The summed E-state index contributed by atoms with van der Waals surface area (Å²) in [6.07, 6.45) is 5.13. The summed E-state index contributed by atoms with van der Waals surface area (Å²) in [6.45, 7) is 1.06. The van der Waals surface area contributed by atoms with Crippen molar-refractivity contribution in [2.45, 2.75) is 6.54 Å². The molecule has 1 aliphatic heterocycles. The molecule has 0 aromatic heterocycles. The smallest absolute Gasteiger partial charge is 0.265 e. The Morgan fingerprint density at radius 2 is 2.06 bits per heavy atom. The average Bonchev–Trinajstić information content (AvgIpc) is 2.30. The fraction of sp³-hybridized carbons (Fsp3) is 0.167. The SMILES string of the molecule is O=[N+]([O-])C1=CC=CN(Cc2ccccc2)C1. The van der Waals surface area contributed by atoms with Gasteiger partial charge in [0.1, 0.15) is 6.54 Å². The Morgan fingerprint density at radius 3 is 2.75 bits per heavy atom. The molecule has 1 aliphatic rings. The molecule has 82 valence electrons. The molecule has 0 spiro atoms. The summed E-state index contributed by atoms with van der Waals surface area (Å²) < 4.78 is 0. The van der Waals surface area contributed by atoms with Crippen LogP contribution < -0.4 is 0 Å². The zero-order valence-corrected chi connectivity index (χ0v) is 8.74. The van der Waals surface area contributed by atoms with Crippen molar-refractivity contribution in [3.8, 4) is 0 Å². The molecule has 0 fully saturated rings. The van der Waals surface area contributed by atoms with Crippen LogP contribution in [-0.2, 0) is 6.54 Å². The van der Waals surface area contributed by atoms with Gasteiger partial charge in [0.15, 0.2) is 0 Å². The highest BCUT2D eigenvalue weighted by Crippen LogP contribution is 2.12. The van der Waals surface area contributed by atoms with E-state index in [0.717, 1.165) is 5.56 Å². The van der Waals surface area contributed by atoms with Crippen molar-refractivity contribution in [2.24, 2.45) is 0 Å². The first-order chi connectivity index (χ1) is 7.75. The molecule has 0 unspecified atom stereocenters. The molecule has 1 aromatic carbocycles. The van der Waals surface area contributed by atoms with Crippen LogP contribution in [0.1, 0.15) is 5.56 Å². The predicted octanol–water partition coefficient (Wildman–Crippen LogP) is 2.18. The second kappa shape index (κ2) is 4.61. The Hall–Kier alpha value is -2.10. The van der Waals surface area contributed by atoms with E-state index in [1.165, 1.54) is 0 Å². The van der Waals surface area contributed by atoms with E-state index in [2.05, 4.69) is 0 Å². The van der Waals surface area contributed by atoms with Crippen LogP contribution in [0.15, 0.2) is 54.4 Å². The van der Waals surface area contributed by atoms with E-state index in [1.54, 1.807) is 12.2 Å². The van der Waals surface area contributed by atoms with Crippen molar-refractivity contribution in [3.63, 3.8) is 0 Å². The van der Waals surface area contributed by atoms with E-state index >= 15 is 0 Å². The maximum Gasteiger partial charge on any atom is 0.265 e. The van der Waals surface area contributed by atoms with Crippen molar-refractivity contribution in [1.29, 1.82) is 0 Å². The first kappa shape index (κ1) is 10.4. The van der Waals surface area contributed by atoms with Crippen LogP contribution in [-0.4, -0.2) is 16.4 Å². The van der Waals surface area contributed by atoms with Crippen molar-refractivity contribution >= 4 is 0 Å². The van der Waals surface area contributed by atoms with Gasteiger partial charge in [-0.25, -0.2) is 0 Å². The first-order valence-electron chi connectivity index (χ1n) is 5.05. The molecule has 1 heterocycles. The minimum atomic E-state index is -0.332. The number of nitro groups is 1. The van der Waals surface area contributed by atoms with E-state index in [9.17, 15) is 10.1 Å². The van der Waals surface area contributed by atoms with Gasteiger partial charge in [-0.2, -0.15) is 0 Å². The van der Waals surface area contributed by atoms with Gasteiger partial charge in [-0.15, -0.1) is 0 Å². The van der Waals surface area contributed by atoms with Gasteiger partial charge in [0.05, 0.1) is 4.92 Å². The maximum absolute atomic E-state index is 10.6. The number of rotatable bonds is 3. The molecule has 1 aromatic rings. The molecule has 16 heavy (non-hydrogen) atoms. The normalized spacial score (nSPS) is 14.8. The minimum absolute atomic E-state index is 0.235. The van der Waals surface area contributed by atoms with Crippen LogP contribution in [0.2, 0.25) is 0 Å². The largest absolute Gasteiger partial charge is 0.363 e. The highest BCUT2D eigenvalue weighted by molar-refractivity contribution is 5.18. The standard InChI is InChI=1S/C12H12N2O2/c15-14(16)12-7-4-8-13(10-12)9-11-5-2-1-3-6-11/h1-8H,9-10H2. The van der Waals surface area contributed by atoms with Crippen molar-refractivity contribution in [3.05, 3.63) is 70.1 Å². The van der Waals surface area contributed by atoms with Crippen LogP contribution in [0.4, 0.5) is 0 Å². The lowest BCUT2D eigenvalue weighted by atomic mass is 10.2. The van der Waals surface area contributed by atoms with Gasteiger partial charge in [-0.1, -0.05) is 30.3 Å². The van der Waals surface area contributed by atoms with Gasteiger partial charge < -0.3 is 4.90 Å². The summed E-state index contributed by atoms with van der Waals surface area (Å²) >= 11 is 0. The fourth-order valence-electron chi connectivity index (χ4n) is 1.63. The van der Waals surface area contributed by atoms with Gasteiger partial charge in [0, 0.05) is 18.8 Å². The molecular formula is C12H12N2O2. The van der Waals surface area contributed by atoms with Crippen LogP contribution >= 0.6 is 0 Å². The number of benzene rings is 1. The van der Waals surface area contributed by atoms with Gasteiger partial charge in [0.2, 0.25) is 0 Å². The minimum Gasteiger partial charge on any atom is -0.363 e. The molecule has 2 rings (SSSR count). The number of hydrogen-bond donors (Lipinski definition) is 0. The molecule has 4 nitrogen and oxygen atoms in total. The number of allylic oxidation sites excluding steroid dienone is 2. The summed E-state index contributed by atoms with van der Waals surface area (Å²) in [7, 11) is 0. The number of hydrogen-bond acceptors (Lipinski definition) is 3. The van der Waals surface area contributed by atoms with Crippen LogP contribution in [0.5, 0.6) is 0 Å². The molecule has 4 heteroatoms. The van der Waals surface area contributed by atoms with Gasteiger partial charge in [-0.05, 0) is 11.6 Å². The quantitative estimate of drug-likeness (QED) is 0.574. The Kier molecular flexibility index (Phi) is 3.00. The monoisotopic (exact) mass is 216 g/mol. The average molecular weight is 216 g/mol. The summed E-state index contributed by atoms with van der Waals surface area (Å²) in [5.41, 5.74) is 1.38. The zero-order chi connectivity index (χ0) is 11.4. The van der Waals surface area contributed by atoms with Crippen LogP contribution in [0, 0.1) is 10.1 Å². The molecule has 0 aliphatic carbocycles. The summed E-state index contributed by atoms with van der Waals surface area (Å²) in [5.74, 6) is 0. The molecule has 0 amide bonds. The lowest BCUT2D eigenvalue weighted by Crippen LogP contribution is -2.24. The van der Waals surface area contributed by atoms with Crippen molar-refractivity contribution < 1.29 is 4.92 Å². The lowest BCUT2D eigenvalue weighted by molar-refractivity contribution is -0.428. The van der Waals surface area contributed by atoms with Gasteiger partial charge in [-0.3, -0.25) is 10.1 Å². The third-order valence-corrected chi connectivity index (χ3v) is 2.41. The van der Waals surface area contributed by atoms with Gasteiger partial charge in [0.25, 0.3) is 5.70 Å². The van der Waals surface area contributed by atoms with Crippen molar-refractivity contribution in [2.75, 3.05) is 6.54 Å². The Labute approximate surface area is 93.6 Å². The molecule has 0 atom stereocenters. The highest BCUT2D eigenvalue weighted by atomic mass is 16.6. The van der Waals surface area contributed by atoms with E-state index in [-0.39, 0.29) is 10.6 Å². The third-order valence-electron chi connectivity index (χ3n) is 2.41. The first-order valence-corrected chi connectivity index (χ1v) is 5.05. The Morgan fingerprint density at radius 1 is 1.31 bits per heavy atom. The van der Waals surface area contributed by atoms with Crippen LogP contribution in [0.3, 0.4) is 0 Å². The predicted molar refractivity (Wildman–Crippen MR) is 61.1 cm³/mol. The number of nitrogens with zero attached hydrogens (tertiary/aromatic N) is 2. The Bertz CT molecular complexity index is 438. The maximum atomic E-state index is 10.6. The topological polar surface area (TPSA) is 46.4 Å².